The minimum absolute atomic E-state index is 0.256. The van der Waals surface area contributed by atoms with E-state index < -0.39 is 9.85 Å². The fraction of sp³-hybridized carbons (Fsp3) is 0.500. The molecule has 1 heterocycles. The van der Waals surface area contributed by atoms with Gasteiger partial charge in [-0.25, -0.2) is 0 Å². The Hall–Kier alpha value is -2.22. The van der Waals surface area contributed by atoms with Crippen molar-refractivity contribution in [2.45, 2.75) is 12.8 Å². The molecule has 1 fully saturated rings. The van der Waals surface area contributed by atoms with Crippen LogP contribution in [0, 0.1) is 26.1 Å². The summed E-state index contributed by atoms with van der Waals surface area (Å²) < 4.78 is 0. The zero-order valence-corrected chi connectivity index (χ0v) is 10.9. The smallest absolute Gasteiger partial charge is 0.299 e. The van der Waals surface area contributed by atoms with E-state index in [0.29, 0.717) is 18.2 Å². The molecule has 0 unspecified atom stereocenters. The van der Waals surface area contributed by atoms with Gasteiger partial charge in [0, 0.05) is 12.6 Å². The lowest BCUT2D eigenvalue weighted by molar-refractivity contribution is -0.393. The van der Waals surface area contributed by atoms with E-state index in [1.165, 1.54) is 12.1 Å². The second kappa shape index (κ2) is 6.29. The van der Waals surface area contributed by atoms with Crippen LogP contribution in [0.1, 0.15) is 12.8 Å². The Morgan fingerprint density at radius 2 is 1.90 bits per heavy atom. The molecule has 1 aliphatic heterocycles. The highest BCUT2D eigenvalue weighted by molar-refractivity contribution is 5.65. The molecule has 1 aromatic carbocycles. The van der Waals surface area contributed by atoms with Gasteiger partial charge in [-0.3, -0.25) is 20.2 Å². The van der Waals surface area contributed by atoms with Gasteiger partial charge in [0.2, 0.25) is 0 Å². The van der Waals surface area contributed by atoms with Crippen LogP contribution in [-0.4, -0.2) is 29.5 Å². The van der Waals surface area contributed by atoms with E-state index in [1.54, 1.807) is 0 Å². The summed E-state index contributed by atoms with van der Waals surface area (Å²) >= 11 is 0. The summed E-state index contributed by atoms with van der Waals surface area (Å²) in [6, 6.07) is 3.67. The van der Waals surface area contributed by atoms with Crippen molar-refractivity contribution in [2.24, 2.45) is 5.92 Å². The van der Waals surface area contributed by atoms with Crippen LogP contribution in [0.2, 0.25) is 0 Å². The summed E-state index contributed by atoms with van der Waals surface area (Å²) in [4.78, 5) is 20.4. The first-order valence-electron chi connectivity index (χ1n) is 6.45. The fourth-order valence-corrected chi connectivity index (χ4v) is 2.27. The van der Waals surface area contributed by atoms with Crippen LogP contribution in [-0.2, 0) is 0 Å². The highest BCUT2D eigenvalue weighted by Crippen LogP contribution is 2.29. The van der Waals surface area contributed by atoms with Crippen molar-refractivity contribution >= 4 is 17.1 Å². The average Bonchev–Trinajstić information content (AvgIpc) is 2.45. The molecule has 0 aliphatic carbocycles. The van der Waals surface area contributed by atoms with Gasteiger partial charge in [-0.15, -0.1) is 0 Å². The Morgan fingerprint density at radius 3 is 2.50 bits per heavy atom. The molecular formula is C12H16N4O4. The molecule has 0 amide bonds. The lowest BCUT2D eigenvalue weighted by atomic mass is 9.98. The number of non-ortho nitro benzene ring substituents is 1. The first-order valence-corrected chi connectivity index (χ1v) is 6.45. The van der Waals surface area contributed by atoms with Crippen molar-refractivity contribution in [3.63, 3.8) is 0 Å². The standard InChI is InChI=1S/C12H16N4O4/c17-15(18)10-1-2-11(12(7-10)16(19)20)14-8-9-3-5-13-6-4-9/h1-2,7,9,13-14H,3-6,8H2. The zero-order chi connectivity index (χ0) is 14.5. The van der Waals surface area contributed by atoms with Crippen LogP contribution in [0.25, 0.3) is 0 Å². The second-order valence-electron chi connectivity index (χ2n) is 4.79. The highest BCUT2D eigenvalue weighted by Gasteiger charge is 2.20. The number of benzene rings is 1. The van der Waals surface area contributed by atoms with Crippen molar-refractivity contribution in [1.29, 1.82) is 0 Å². The average molecular weight is 280 g/mol. The van der Waals surface area contributed by atoms with Crippen molar-refractivity contribution in [1.82, 2.24) is 5.32 Å². The van der Waals surface area contributed by atoms with E-state index >= 15 is 0 Å². The number of anilines is 1. The molecule has 1 saturated heterocycles. The number of nitrogens with zero attached hydrogens (tertiary/aromatic N) is 2. The lowest BCUT2D eigenvalue weighted by Gasteiger charge is -2.23. The van der Waals surface area contributed by atoms with Gasteiger partial charge in [0.05, 0.1) is 15.9 Å². The normalized spacial score (nSPS) is 15.8. The van der Waals surface area contributed by atoms with Crippen LogP contribution in [0.5, 0.6) is 0 Å². The van der Waals surface area contributed by atoms with Gasteiger partial charge >= 0.3 is 0 Å². The monoisotopic (exact) mass is 280 g/mol. The van der Waals surface area contributed by atoms with Crippen molar-refractivity contribution < 1.29 is 9.85 Å². The maximum Gasteiger partial charge on any atom is 0.299 e. The maximum absolute atomic E-state index is 11.0. The number of hydrogen-bond acceptors (Lipinski definition) is 6. The topological polar surface area (TPSA) is 110 Å². The molecule has 8 nitrogen and oxygen atoms in total. The highest BCUT2D eigenvalue weighted by atomic mass is 16.6. The van der Waals surface area contributed by atoms with E-state index in [0.717, 1.165) is 32.0 Å². The quantitative estimate of drug-likeness (QED) is 0.629. The molecule has 2 rings (SSSR count). The number of piperidine rings is 1. The number of nitrogens with one attached hydrogen (secondary N) is 2. The number of nitro groups is 2. The van der Waals surface area contributed by atoms with Crippen molar-refractivity contribution in [3.05, 3.63) is 38.4 Å². The lowest BCUT2D eigenvalue weighted by Crippen LogP contribution is -2.31. The molecule has 0 aromatic heterocycles. The van der Waals surface area contributed by atoms with Crippen molar-refractivity contribution in [2.75, 3.05) is 25.0 Å². The summed E-state index contributed by atoms with van der Waals surface area (Å²) in [6.07, 6.45) is 2.04. The molecule has 8 heteroatoms. The molecule has 1 aromatic rings. The van der Waals surface area contributed by atoms with E-state index in [4.69, 9.17) is 0 Å². The molecule has 0 saturated carbocycles. The van der Waals surface area contributed by atoms with Crippen molar-refractivity contribution in [3.8, 4) is 0 Å². The molecule has 0 radical (unpaired) electrons. The summed E-state index contributed by atoms with van der Waals surface area (Å²) in [5.74, 6) is 0.464. The molecule has 0 atom stereocenters. The SMILES string of the molecule is O=[N+]([O-])c1ccc(NCC2CCNCC2)c([N+](=O)[O-])c1. The molecule has 1 aliphatic rings. The molecule has 20 heavy (non-hydrogen) atoms. The van der Waals surface area contributed by atoms with Gasteiger partial charge in [-0.1, -0.05) is 0 Å². The third kappa shape index (κ3) is 3.41. The Bertz CT molecular complexity index is 514. The van der Waals surface area contributed by atoms with Gasteiger partial charge in [-0.05, 0) is 37.9 Å². The number of hydrogen-bond donors (Lipinski definition) is 2. The van der Waals surface area contributed by atoms with Gasteiger partial charge in [0.15, 0.2) is 0 Å². The molecule has 0 bridgehead atoms. The molecule has 2 N–H and O–H groups in total. The van der Waals surface area contributed by atoms with E-state index in [2.05, 4.69) is 10.6 Å². The Balaban J connectivity index is 2.09. The van der Waals surface area contributed by atoms with Crippen LogP contribution < -0.4 is 10.6 Å². The fourth-order valence-electron chi connectivity index (χ4n) is 2.27. The van der Waals surface area contributed by atoms with Gasteiger partial charge in [0.25, 0.3) is 11.4 Å². The summed E-state index contributed by atoms with van der Waals surface area (Å²) in [6.45, 7) is 2.55. The van der Waals surface area contributed by atoms with Crippen LogP contribution in [0.3, 0.4) is 0 Å². The molecule has 108 valence electrons. The minimum Gasteiger partial charge on any atom is -0.379 e. The van der Waals surface area contributed by atoms with Crippen LogP contribution >= 0.6 is 0 Å². The van der Waals surface area contributed by atoms with E-state index in [9.17, 15) is 20.2 Å². The largest absolute Gasteiger partial charge is 0.379 e. The van der Waals surface area contributed by atoms with E-state index in [1.807, 2.05) is 0 Å². The maximum atomic E-state index is 11.0. The predicted octanol–water partition coefficient (Wildman–Crippen LogP) is 1.91. The summed E-state index contributed by atoms with van der Waals surface area (Å²) in [7, 11) is 0. The minimum atomic E-state index is -0.635. The Labute approximate surface area is 115 Å². The third-order valence-corrected chi connectivity index (χ3v) is 3.43. The summed E-state index contributed by atoms with van der Waals surface area (Å²) in [5, 5.41) is 27.9. The van der Waals surface area contributed by atoms with Gasteiger partial charge < -0.3 is 10.6 Å². The Morgan fingerprint density at radius 1 is 1.20 bits per heavy atom. The Kier molecular flexibility index (Phi) is 4.46. The van der Waals surface area contributed by atoms with Crippen LogP contribution in [0.15, 0.2) is 18.2 Å². The number of nitro benzene ring substituents is 2. The van der Waals surface area contributed by atoms with Gasteiger partial charge in [0.1, 0.15) is 5.69 Å². The second-order valence-corrected chi connectivity index (χ2v) is 4.79. The third-order valence-electron chi connectivity index (χ3n) is 3.43. The number of rotatable bonds is 5. The van der Waals surface area contributed by atoms with E-state index in [-0.39, 0.29) is 11.4 Å². The van der Waals surface area contributed by atoms with Gasteiger partial charge in [-0.2, -0.15) is 0 Å². The predicted molar refractivity (Wildman–Crippen MR) is 73.8 cm³/mol. The molecular weight excluding hydrogens is 264 g/mol. The zero-order valence-electron chi connectivity index (χ0n) is 10.9. The molecule has 0 spiro atoms. The first-order chi connectivity index (χ1) is 9.58. The summed E-state index contributed by atoms with van der Waals surface area (Å²) in [5.41, 5.74) is -0.198. The van der Waals surface area contributed by atoms with Crippen LogP contribution in [0.4, 0.5) is 17.1 Å². The first kappa shape index (κ1) is 14.2.